The molecule has 0 N–H and O–H groups in total. The molecule has 0 unspecified atom stereocenters. The third-order valence-corrected chi connectivity index (χ3v) is 10.6. The zero-order valence-corrected chi connectivity index (χ0v) is 31.9. The van der Waals surface area contributed by atoms with E-state index in [2.05, 4.69) is 26.1 Å². The number of sulfone groups is 2. The van der Waals surface area contributed by atoms with Crippen molar-refractivity contribution >= 4 is 93.2 Å². The second kappa shape index (κ2) is 17.6. The lowest BCUT2D eigenvalue weighted by Crippen LogP contribution is -2.41. The smallest absolute Gasteiger partial charge is 0.399 e. The fourth-order valence-electron chi connectivity index (χ4n) is 5.12. The molecule has 54 heavy (non-hydrogen) atoms. The van der Waals surface area contributed by atoms with Crippen molar-refractivity contribution in [1.29, 1.82) is 0 Å². The Morgan fingerprint density at radius 1 is 0.704 bits per heavy atom. The number of benzene rings is 2. The van der Waals surface area contributed by atoms with Gasteiger partial charge in [-0.1, -0.05) is 59.0 Å². The minimum atomic E-state index is -4.57. The van der Waals surface area contributed by atoms with Gasteiger partial charge in [0.1, 0.15) is 13.1 Å². The number of aromatic nitrogens is 4. The molecule has 0 atom stereocenters. The van der Waals surface area contributed by atoms with Gasteiger partial charge in [0, 0.05) is 33.2 Å². The van der Waals surface area contributed by atoms with E-state index in [4.69, 9.17) is 32.5 Å². The maximum absolute atomic E-state index is 13.2. The van der Waals surface area contributed by atoms with E-state index in [-0.39, 0.29) is 72.9 Å². The zero-order chi connectivity index (χ0) is 38.0. The molecule has 22 heteroatoms. The van der Waals surface area contributed by atoms with E-state index in [0.717, 1.165) is 17.2 Å². The van der Waals surface area contributed by atoms with Crippen LogP contribution in [0, 0.1) is 0 Å². The van der Waals surface area contributed by atoms with Crippen LogP contribution in [-0.4, -0.2) is 79.6 Å². The minimum absolute atomic E-state index is 0. The maximum atomic E-state index is 13.2. The average molecular weight is 922 g/mol. The fraction of sp³-hybridized carbons (Fsp3) is 0.562. The maximum Gasteiger partial charge on any atom is 0.497 e. The van der Waals surface area contributed by atoms with Crippen LogP contribution in [0.2, 0.25) is 10.0 Å². The lowest BCUT2D eigenvalue weighted by Gasteiger charge is -2.32. The molecule has 2 aromatic carbocycles. The van der Waals surface area contributed by atoms with Crippen LogP contribution < -0.4 is 5.46 Å². The molecule has 3 heterocycles. The van der Waals surface area contributed by atoms with E-state index < -0.39 is 74.9 Å². The first-order valence-corrected chi connectivity index (χ1v) is 20.0. The predicted octanol–water partition coefficient (Wildman–Crippen LogP) is 9.20. The quantitative estimate of drug-likeness (QED) is 0.133. The summed E-state index contributed by atoms with van der Waals surface area (Å²) in [4.78, 5) is 0. The predicted molar refractivity (Wildman–Crippen MR) is 209 cm³/mol. The molecular weight excluding hydrogens is 876 g/mol. The second-order valence-corrected chi connectivity index (χ2v) is 18.7. The van der Waals surface area contributed by atoms with Crippen molar-refractivity contribution in [3.05, 3.63) is 50.2 Å². The highest BCUT2D eigenvalue weighted by Gasteiger charge is 2.52. The van der Waals surface area contributed by atoms with Crippen molar-refractivity contribution < 1.29 is 52.5 Å². The van der Waals surface area contributed by atoms with Gasteiger partial charge in [-0.25, -0.2) is 16.8 Å². The summed E-state index contributed by atoms with van der Waals surface area (Å²) < 4.78 is 138. The second-order valence-electron chi connectivity index (χ2n) is 12.8. The van der Waals surface area contributed by atoms with Gasteiger partial charge in [0.15, 0.2) is 19.7 Å². The Balaban J connectivity index is 0.00000101. The molecule has 10 nitrogen and oxygen atoms in total. The van der Waals surface area contributed by atoms with E-state index in [1.807, 2.05) is 27.7 Å². The van der Waals surface area contributed by atoms with Crippen LogP contribution in [0.5, 0.6) is 0 Å². The fourth-order valence-corrected chi connectivity index (χ4v) is 7.58. The summed E-state index contributed by atoms with van der Waals surface area (Å²) in [6.45, 7) is 4.56. The first kappa shape index (κ1) is 51.9. The van der Waals surface area contributed by atoms with Crippen LogP contribution in [0.1, 0.15) is 68.8 Å². The van der Waals surface area contributed by atoms with Crippen molar-refractivity contribution in [1.82, 2.24) is 19.6 Å². The van der Waals surface area contributed by atoms with Gasteiger partial charge in [0.25, 0.3) is 0 Å². The SMILES string of the molecule is C.C.C.C.CC1(C)OB(c2ccc(Cl)c3c(CS(C)(=O)=O)nn(CC(F)(F)F)c23)OC1(C)C.CS(=O)(=O)Cc1nn(CC(F)(F)F)c2c(Br)ccc(Cl)c12. The van der Waals surface area contributed by atoms with E-state index in [9.17, 15) is 43.2 Å². The Labute approximate surface area is 331 Å². The van der Waals surface area contributed by atoms with E-state index in [1.54, 1.807) is 0 Å². The summed E-state index contributed by atoms with van der Waals surface area (Å²) in [5.41, 5.74) is -0.995. The van der Waals surface area contributed by atoms with E-state index in [0.29, 0.717) is 14.6 Å². The van der Waals surface area contributed by atoms with Gasteiger partial charge in [-0.15, -0.1) is 0 Å². The molecule has 1 aliphatic heterocycles. The number of fused-ring (bicyclic) bond motifs is 2. The Kier molecular flexibility index (Phi) is 16.9. The van der Waals surface area contributed by atoms with Gasteiger partial charge in [0.2, 0.25) is 0 Å². The van der Waals surface area contributed by atoms with Crippen LogP contribution in [-0.2, 0) is 53.6 Å². The first-order chi connectivity index (χ1) is 22.5. The molecule has 4 aromatic rings. The van der Waals surface area contributed by atoms with Crippen molar-refractivity contribution in [3.63, 3.8) is 0 Å². The average Bonchev–Trinajstić information content (AvgIpc) is 3.47. The Bertz CT molecular complexity index is 2160. The van der Waals surface area contributed by atoms with E-state index in [1.165, 1.54) is 24.3 Å². The monoisotopic (exact) mass is 920 g/mol. The molecule has 0 bridgehead atoms. The summed E-state index contributed by atoms with van der Waals surface area (Å²) in [5, 5.41) is 8.35. The molecule has 2 aromatic heterocycles. The molecule has 0 spiro atoms. The topological polar surface area (TPSA) is 122 Å². The van der Waals surface area contributed by atoms with Gasteiger partial charge < -0.3 is 9.31 Å². The lowest BCUT2D eigenvalue weighted by atomic mass is 9.77. The molecular formula is C32H46BBrCl2F6N4O6S2. The molecule has 0 saturated carbocycles. The van der Waals surface area contributed by atoms with Gasteiger partial charge >= 0.3 is 19.5 Å². The molecule has 0 aliphatic carbocycles. The molecule has 5 rings (SSSR count). The van der Waals surface area contributed by atoms with Crippen LogP contribution in [0.4, 0.5) is 26.3 Å². The molecule has 1 fully saturated rings. The summed E-state index contributed by atoms with van der Waals surface area (Å²) in [7, 11) is -7.99. The van der Waals surface area contributed by atoms with Crippen molar-refractivity contribution in [2.75, 3.05) is 12.5 Å². The zero-order valence-electron chi connectivity index (χ0n) is 27.2. The molecule has 1 saturated heterocycles. The van der Waals surface area contributed by atoms with Crippen LogP contribution in [0.25, 0.3) is 21.8 Å². The molecule has 0 amide bonds. The molecule has 1 aliphatic rings. The van der Waals surface area contributed by atoms with Crippen LogP contribution in [0.3, 0.4) is 0 Å². The highest BCUT2D eigenvalue weighted by molar-refractivity contribution is 9.10. The number of alkyl halides is 6. The van der Waals surface area contributed by atoms with Gasteiger partial charge in [-0.3, -0.25) is 9.36 Å². The largest absolute Gasteiger partial charge is 0.497 e. The van der Waals surface area contributed by atoms with Gasteiger partial charge in [0.05, 0.1) is 55.2 Å². The van der Waals surface area contributed by atoms with E-state index >= 15 is 0 Å². The highest BCUT2D eigenvalue weighted by Crippen LogP contribution is 2.39. The first-order valence-electron chi connectivity index (χ1n) is 14.3. The Morgan fingerprint density at radius 3 is 1.43 bits per heavy atom. The number of rotatable bonds is 7. The Hall–Kier alpha value is -2.10. The van der Waals surface area contributed by atoms with Crippen molar-refractivity contribution in [2.45, 2.75) is 106 Å². The third-order valence-electron chi connectivity index (χ3n) is 7.78. The number of hydrogen-bond acceptors (Lipinski definition) is 8. The van der Waals surface area contributed by atoms with Crippen molar-refractivity contribution in [3.8, 4) is 0 Å². The van der Waals surface area contributed by atoms with Crippen molar-refractivity contribution in [2.24, 2.45) is 0 Å². The van der Waals surface area contributed by atoms with Gasteiger partial charge in [-0.05, 0) is 61.8 Å². The standard InChI is InChI=1S/C17H21BClF3N2O4S.C11H9BrClF3N2O2S.4CH4/c1-15(2)16(3,4)28-18(27-15)10-6-7-11(19)13-12(8-29(5,25)26)23-24(14(10)13)9-17(20,21)22;1-21(19,20)4-8-9-7(13)3-2-6(12)10(9)18(17-8)5-11(14,15)16;;;;/h6-7H,8-9H2,1-5H3;2-3H,4-5H2,1H3;4*1H4. The normalized spacial score (nSPS) is 15.4. The Morgan fingerprint density at radius 2 is 1.06 bits per heavy atom. The highest BCUT2D eigenvalue weighted by atomic mass is 79.9. The molecule has 0 radical (unpaired) electrons. The number of hydrogen-bond donors (Lipinski definition) is 0. The van der Waals surface area contributed by atoms with Gasteiger partial charge in [-0.2, -0.15) is 36.5 Å². The summed E-state index contributed by atoms with van der Waals surface area (Å²) in [5.74, 6) is -1.02. The van der Waals surface area contributed by atoms with Crippen LogP contribution in [0.15, 0.2) is 28.7 Å². The summed E-state index contributed by atoms with van der Waals surface area (Å²) in [6, 6.07) is 5.96. The third kappa shape index (κ3) is 12.2. The molecule has 308 valence electrons. The lowest BCUT2D eigenvalue weighted by molar-refractivity contribution is -0.142. The number of halogens is 9. The van der Waals surface area contributed by atoms with Crippen LogP contribution >= 0.6 is 39.1 Å². The summed E-state index contributed by atoms with van der Waals surface area (Å²) >= 11 is 15.4. The minimum Gasteiger partial charge on any atom is -0.399 e. The number of nitrogens with zero attached hydrogens (tertiary/aromatic N) is 4. The summed E-state index contributed by atoms with van der Waals surface area (Å²) in [6.07, 6.45) is -7.10.